The highest BCUT2D eigenvalue weighted by Crippen LogP contribution is 2.21. The number of aryl methyl sites for hydroxylation is 1. The van der Waals surface area contributed by atoms with Gasteiger partial charge in [-0.15, -0.1) is 0 Å². The highest BCUT2D eigenvalue weighted by molar-refractivity contribution is 6.01. The van der Waals surface area contributed by atoms with E-state index in [4.69, 9.17) is 4.74 Å². The van der Waals surface area contributed by atoms with Crippen LogP contribution in [0.2, 0.25) is 0 Å². The number of hydrogen-bond donors (Lipinski definition) is 1. The fourth-order valence-corrected chi connectivity index (χ4v) is 1.45. The molecule has 5 nitrogen and oxygen atoms in total. The van der Waals surface area contributed by atoms with Gasteiger partial charge in [0.1, 0.15) is 12.2 Å². The summed E-state index contributed by atoms with van der Waals surface area (Å²) in [6, 6.07) is 5.31. The van der Waals surface area contributed by atoms with Crippen molar-refractivity contribution < 1.29 is 19.1 Å². The van der Waals surface area contributed by atoms with Crippen molar-refractivity contribution in [3.05, 3.63) is 23.8 Å². The van der Waals surface area contributed by atoms with Gasteiger partial charge < -0.3 is 14.8 Å². The predicted octanol–water partition coefficient (Wildman–Crippen LogP) is 1.90. The van der Waals surface area contributed by atoms with Gasteiger partial charge in [0, 0.05) is 5.69 Å². The van der Waals surface area contributed by atoms with Gasteiger partial charge in [0.15, 0.2) is 0 Å². The summed E-state index contributed by atoms with van der Waals surface area (Å²) < 4.78 is 9.81. The van der Waals surface area contributed by atoms with E-state index in [-0.39, 0.29) is 6.42 Å². The molecule has 0 heterocycles. The minimum absolute atomic E-state index is 0.289. The van der Waals surface area contributed by atoms with Crippen LogP contribution in [0.3, 0.4) is 0 Å². The molecule has 1 aromatic carbocycles. The number of carbonyl (C=O) groups excluding carboxylic acids is 2. The van der Waals surface area contributed by atoms with Crippen LogP contribution in [0.15, 0.2) is 18.2 Å². The lowest BCUT2D eigenvalue weighted by atomic mass is 10.2. The number of hydrogen-bond acceptors (Lipinski definition) is 4. The molecular formula is C13H17NO4. The van der Waals surface area contributed by atoms with Crippen molar-refractivity contribution in [2.45, 2.75) is 20.3 Å². The number of anilines is 1. The number of benzene rings is 1. The van der Waals surface area contributed by atoms with E-state index in [1.807, 2.05) is 13.8 Å². The summed E-state index contributed by atoms with van der Waals surface area (Å²) >= 11 is 0. The molecule has 1 N–H and O–H groups in total. The molecule has 0 bridgehead atoms. The Labute approximate surface area is 106 Å². The molecule has 0 aromatic heterocycles. The minimum atomic E-state index is -0.560. The van der Waals surface area contributed by atoms with E-state index < -0.39 is 11.9 Å². The quantitative estimate of drug-likeness (QED) is 0.641. The lowest BCUT2D eigenvalue weighted by Crippen LogP contribution is -2.17. The number of esters is 1. The van der Waals surface area contributed by atoms with Crippen molar-refractivity contribution >= 4 is 17.6 Å². The van der Waals surface area contributed by atoms with Gasteiger partial charge in [-0.3, -0.25) is 9.59 Å². The Kier molecular flexibility index (Phi) is 5.17. The average molecular weight is 251 g/mol. The molecule has 0 aliphatic rings. The van der Waals surface area contributed by atoms with Gasteiger partial charge in [-0.05, 0) is 37.6 Å². The molecular weight excluding hydrogens is 234 g/mol. The summed E-state index contributed by atoms with van der Waals surface area (Å²) in [4.78, 5) is 22.4. The van der Waals surface area contributed by atoms with Crippen molar-refractivity contribution in [2.24, 2.45) is 0 Å². The van der Waals surface area contributed by atoms with Gasteiger partial charge in [-0.25, -0.2) is 0 Å². The third-order valence-corrected chi connectivity index (χ3v) is 2.29. The van der Waals surface area contributed by atoms with Crippen molar-refractivity contribution in [1.82, 2.24) is 0 Å². The summed E-state index contributed by atoms with van der Waals surface area (Å²) in [6.07, 6.45) is -0.289. The first-order valence-corrected chi connectivity index (χ1v) is 5.67. The third kappa shape index (κ3) is 4.08. The zero-order chi connectivity index (χ0) is 13.5. The van der Waals surface area contributed by atoms with E-state index in [0.717, 1.165) is 11.3 Å². The Balaban J connectivity index is 2.65. The second kappa shape index (κ2) is 6.64. The van der Waals surface area contributed by atoms with Gasteiger partial charge in [0.25, 0.3) is 0 Å². The predicted molar refractivity (Wildman–Crippen MR) is 67.6 cm³/mol. The van der Waals surface area contributed by atoms with E-state index in [1.165, 1.54) is 7.11 Å². The Morgan fingerprint density at radius 3 is 2.61 bits per heavy atom. The number of amides is 1. The standard InChI is InChI=1S/C13H17NO4/c1-4-18-11-6-5-10(7-9(11)2)14-12(15)8-13(16)17-3/h5-7H,4,8H2,1-3H3,(H,14,15). The lowest BCUT2D eigenvalue weighted by Gasteiger charge is -2.09. The molecule has 98 valence electrons. The SMILES string of the molecule is CCOc1ccc(NC(=O)CC(=O)OC)cc1C. The molecule has 0 spiro atoms. The molecule has 18 heavy (non-hydrogen) atoms. The lowest BCUT2D eigenvalue weighted by molar-refractivity contribution is -0.142. The fraction of sp³-hybridized carbons (Fsp3) is 0.385. The number of methoxy groups -OCH3 is 1. The Bertz CT molecular complexity index is 443. The summed E-state index contributed by atoms with van der Waals surface area (Å²) in [5.74, 6) is -0.177. The largest absolute Gasteiger partial charge is 0.494 e. The van der Waals surface area contributed by atoms with E-state index in [9.17, 15) is 9.59 Å². The van der Waals surface area contributed by atoms with Crippen LogP contribution < -0.4 is 10.1 Å². The molecule has 1 amide bonds. The van der Waals surface area contributed by atoms with Crippen LogP contribution in [0.5, 0.6) is 5.75 Å². The van der Waals surface area contributed by atoms with Crippen molar-refractivity contribution in [2.75, 3.05) is 19.0 Å². The maximum absolute atomic E-state index is 11.5. The van der Waals surface area contributed by atoms with Gasteiger partial charge in [0.2, 0.25) is 5.91 Å². The Hall–Kier alpha value is -2.04. The first-order valence-electron chi connectivity index (χ1n) is 5.67. The van der Waals surface area contributed by atoms with Crippen molar-refractivity contribution in [3.8, 4) is 5.75 Å². The molecule has 5 heteroatoms. The fourth-order valence-electron chi connectivity index (χ4n) is 1.45. The maximum atomic E-state index is 11.5. The zero-order valence-corrected chi connectivity index (χ0v) is 10.8. The molecule has 0 fully saturated rings. The molecule has 0 saturated heterocycles. The van der Waals surface area contributed by atoms with Crippen molar-refractivity contribution in [1.29, 1.82) is 0 Å². The molecule has 0 unspecified atom stereocenters. The summed E-state index contributed by atoms with van der Waals surface area (Å²) in [5, 5.41) is 2.62. The number of nitrogens with one attached hydrogen (secondary N) is 1. The van der Waals surface area contributed by atoms with Crippen molar-refractivity contribution in [3.63, 3.8) is 0 Å². The normalized spacial score (nSPS) is 9.72. The molecule has 0 radical (unpaired) electrons. The topological polar surface area (TPSA) is 64.6 Å². The smallest absolute Gasteiger partial charge is 0.315 e. The number of rotatable bonds is 5. The summed E-state index contributed by atoms with van der Waals surface area (Å²) in [7, 11) is 1.25. The van der Waals surface area contributed by atoms with Crippen LogP contribution in [0.4, 0.5) is 5.69 Å². The van der Waals surface area contributed by atoms with Gasteiger partial charge in [-0.2, -0.15) is 0 Å². The van der Waals surface area contributed by atoms with Crippen LogP contribution in [0.1, 0.15) is 18.9 Å². The summed E-state index contributed by atoms with van der Waals surface area (Å²) in [5.41, 5.74) is 1.55. The van der Waals surface area contributed by atoms with E-state index >= 15 is 0 Å². The number of carbonyl (C=O) groups is 2. The van der Waals surface area contributed by atoms with Crippen LogP contribution in [0, 0.1) is 6.92 Å². The second-order valence-electron chi connectivity index (χ2n) is 3.71. The third-order valence-electron chi connectivity index (χ3n) is 2.29. The average Bonchev–Trinajstić information content (AvgIpc) is 2.32. The summed E-state index contributed by atoms with van der Waals surface area (Å²) in [6.45, 7) is 4.39. The Morgan fingerprint density at radius 2 is 2.06 bits per heavy atom. The van der Waals surface area contributed by atoms with E-state index in [1.54, 1.807) is 18.2 Å². The monoisotopic (exact) mass is 251 g/mol. The molecule has 0 aliphatic carbocycles. The van der Waals surface area contributed by atoms with E-state index in [2.05, 4.69) is 10.1 Å². The van der Waals surface area contributed by atoms with Gasteiger partial charge >= 0.3 is 5.97 Å². The molecule has 0 atom stereocenters. The van der Waals surface area contributed by atoms with Crippen LogP contribution in [-0.2, 0) is 14.3 Å². The maximum Gasteiger partial charge on any atom is 0.315 e. The minimum Gasteiger partial charge on any atom is -0.494 e. The first kappa shape index (κ1) is 14.0. The molecule has 0 aliphatic heterocycles. The Morgan fingerprint density at radius 1 is 1.33 bits per heavy atom. The van der Waals surface area contributed by atoms with E-state index in [0.29, 0.717) is 12.3 Å². The molecule has 0 saturated carbocycles. The molecule has 1 rings (SSSR count). The van der Waals surface area contributed by atoms with Gasteiger partial charge in [-0.1, -0.05) is 0 Å². The first-order chi connectivity index (χ1) is 8.56. The highest BCUT2D eigenvalue weighted by Gasteiger charge is 2.10. The zero-order valence-electron chi connectivity index (χ0n) is 10.8. The van der Waals surface area contributed by atoms with Gasteiger partial charge in [0.05, 0.1) is 13.7 Å². The number of ether oxygens (including phenoxy) is 2. The second-order valence-corrected chi connectivity index (χ2v) is 3.71. The van der Waals surface area contributed by atoms with Crippen LogP contribution in [0.25, 0.3) is 0 Å². The highest BCUT2D eigenvalue weighted by atomic mass is 16.5. The molecule has 1 aromatic rings. The van der Waals surface area contributed by atoms with Crippen LogP contribution >= 0.6 is 0 Å². The van der Waals surface area contributed by atoms with Crippen LogP contribution in [-0.4, -0.2) is 25.6 Å².